The van der Waals surface area contributed by atoms with Crippen LogP contribution in [0.25, 0.3) is 17.3 Å². The van der Waals surface area contributed by atoms with Crippen LogP contribution < -0.4 is 5.32 Å². The van der Waals surface area contributed by atoms with Gasteiger partial charge < -0.3 is 9.73 Å². The SMILES string of the molecule is O=C(Nc1ccccc1)C1(Sc2nnc(-c3ccco3)n2-c2ccccc2)CC1. The molecule has 7 heteroatoms. The van der Waals surface area contributed by atoms with Gasteiger partial charge in [-0.3, -0.25) is 9.36 Å². The number of carbonyl (C=O) groups is 1. The van der Waals surface area contributed by atoms with E-state index in [1.807, 2.05) is 77.4 Å². The molecule has 1 aliphatic carbocycles. The smallest absolute Gasteiger partial charge is 0.241 e. The lowest BCUT2D eigenvalue weighted by atomic mass is 10.3. The number of hydrogen-bond acceptors (Lipinski definition) is 5. The number of hydrogen-bond donors (Lipinski definition) is 1. The number of anilines is 1. The van der Waals surface area contributed by atoms with Gasteiger partial charge in [-0.1, -0.05) is 48.2 Å². The number of thioether (sulfide) groups is 1. The zero-order chi connectivity index (χ0) is 19.7. The molecule has 0 saturated heterocycles. The highest BCUT2D eigenvalue weighted by Gasteiger charge is 2.52. The molecule has 0 aliphatic heterocycles. The van der Waals surface area contributed by atoms with Crippen molar-refractivity contribution >= 4 is 23.4 Å². The normalized spacial score (nSPS) is 14.5. The third-order valence-corrected chi connectivity index (χ3v) is 6.26. The van der Waals surface area contributed by atoms with Gasteiger partial charge in [-0.2, -0.15) is 0 Å². The molecule has 1 N–H and O–H groups in total. The molecule has 1 aliphatic rings. The second kappa shape index (κ2) is 7.25. The lowest BCUT2D eigenvalue weighted by molar-refractivity contribution is -0.116. The molecular weight excluding hydrogens is 384 g/mol. The van der Waals surface area contributed by atoms with Gasteiger partial charge in [0.25, 0.3) is 0 Å². The van der Waals surface area contributed by atoms with E-state index in [1.54, 1.807) is 6.26 Å². The summed E-state index contributed by atoms with van der Waals surface area (Å²) in [6.07, 6.45) is 3.21. The first-order valence-corrected chi connectivity index (χ1v) is 10.2. The Morgan fingerprint density at radius 2 is 1.69 bits per heavy atom. The number of benzene rings is 2. The van der Waals surface area contributed by atoms with Gasteiger partial charge in [0.1, 0.15) is 4.75 Å². The van der Waals surface area contributed by atoms with E-state index in [1.165, 1.54) is 11.8 Å². The Hall–Kier alpha value is -3.32. The van der Waals surface area contributed by atoms with Crippen molar-refractivity contribution in [3.63, 3.8) is 0 Å². The Morgan fingerprint density at radius 1 is 0.966 bits per heavy atom. The number of carbonyl (C=O) groups excluding carboxylic acids is 1. The monoisotopic (exact) mass is 402 g/mol. The summed E-state index contributed by atoms with van der Waals surface area (Å²) in [6, 6.07) is 23.1. The Bertz CT molecular complexity index is 1120. The van der Waals surface area contributed by atoms with E-state index in [2.05, 4.69) is 15.5 Å². The Labute approximate surface area is 172 Å². The molecule has 0 unspecified atom stereocenters. The molecule has 1 amide bonds. The Balaban J connectivity index is 1.48. The summed E-state index contributed by atoms with van der Waals surface area (Å²) >= 11 is 1.46. The van der Waals surface area contributed by atoms with E-state index in [9.17, 15) is 4.79 Å². The fraction of sp³-hybridized carbons (Fsp3) is 0.136. The van der Waals surface area contributed by atoms with Crippen LogP contribution in [0.15, 0.2) is 88.6 Å². The predicted molar refractivity (Wildman–Crippen MR) is 112 cm³/mol. The van der Waals surface area contributed by atoms with Gasteiger partial charge >= 0.3 is 0 Å². The minimum atomic E-state index is -0.532. The molecule has 0 radical (unpaired) electrons. The molecule has 0 spiro atoms. The zero-order valence-corrected chi connectivity index (χ0v) is 16.3. The summed E-state index contributed by atoms with van der Waals surface area (Å²) in [6.45, 7) is 0. The summed E-state index contributed by atoms with van der Waals surface area (Å²) < 4.78 is 6.97. The third-order valence-electron chi connectivity index (χ3n) is 4.83. The first-order valence-electron chi connectivity index (χ1n) is 9.35. The molecule has 0 atom stereocenters. The van der Waals surface area contributed by atoms with Crippen LogP contribution in [-0.2, 0) is 4.79 Å². The highest BCUT2D eigenvalue weighted by atomic mass is 32.2. The average molecular weight is 402 g/mol. The lowest BCUT2D eigenvalue weighted by Gasteiger charge is -2.16. The molecule has 2 aromatic carbocycles. The maximum atomic E-state index is 13.0. The van der Waals surface area contributed by atoms with E-state index in [0.717, 1.165) is 24.2 Å². The number of nitrogens with zero attached hydrogens (tertiary/aromatic N) is 3. The standard InChI is InChI=1S/C22H18N4O2S/c27-20(23-16-8-3-1-4-9-16)22(13-14-22)29-21-25-24-19(18-12-7-15-28-18)26(21)17-10-5-2-6-11-17/h1-12,15H,13-14H2,(H,23,27). The highest BCUT2D eigenvalue weighted by molar-refractivity contribution is 8.01. The molecule has 2 heterocycles. The summed E-state index contributed by atoms with van der Waals surface area (Å²) in [4.78, 5) is 13.0. The van der Waals surface area contributed by atoms with E-state index in [4.69, 9.17) is 4.42 Å². The number of furan rings is 1. The molecule has 1 fully saturated rings. The van der Waals surface area contributed by atoms with Gasteiger partial charge in [-0.15, -0.1) is 10.2 Å². The average Bonchev–Trinajstić information content (AvgIpc) is 3.14. The highest BCUT2D eigenvalue weighted by Crippen LogP contribution is 2.52. The second-order valence-corrected chi connectivity index (χ2v) is 8.22. The first kappa shape index (κ1) is 17.8. The summed E-state index contributed by atoms with van der Waals surface area (Å²) in [5.41, 5.74) is 1.72. The van der Waals surface area contributed by atoms with Crippen LogP contribution in [0.5, 0.6) is 0 Å². The van der Waals surface area contributed by atoms with Crippen molar-refractivity contribution in [3.05, 3.63) is 79.1 Å². The van der Waals surface area contributed by atoms with E-state index >= 15 is 0 Å². The summed E-state index contributed by atoms with van der Waals surface area (Å²) in [5, 5.41) is 12.4. The minimum absolute atomic E-state index is 0.00383. The van der Waals surface area contributed by atoms with Crippen molar-refractivity contribution in [3.8, 4) is 17.3 Å². The van der Waals surface area contributed by atoms with E-state index in [-0.39, 0.29) is 5.91 Å². The summed E-state index contributed by atoms with van der Waals surface area (Å²) in [5.74, 6) is 1.24. The fourth-order valence-electron chi connectivity index (χ4n) is 3.14. The summed E-state index contributed by atoms with van der Waals surface area (Å²) in [7, 11) is 0. The van der Waals surface area contributed by atoms with Crippen LogP contribution in [0.2, 0.25) is 0 Å². The van der Waals surface area contributed by atoms with Crippen LogP contribution in [0, 0.1) is 0 Å². The first-order chi connectivity index (χ1) is 14.3. The van der Waals surface area contributed by atoms with Crippen molar-refractivity contribution in [2.45, 2.75) is 22.7 Å². The molecule has 1 saturated carbocycles. The van der Waals surface area contributed by atoms with Gasteiger partial charge in [0, 0.05) is 11.4 Å². The van der Waals surface area contributed by atoms with Crippen LogP contribution in [0.1, 0.15) is 12.8 Å². The van der Waals surface area contributed by atoms with E-state index < -0.39 is 4.75 Å². The largest absolute Gasteiger partial charge is 0.461 e. The number of amides is 1. The molecule has 5 rings (SSSR count). The zero-order valence-electron chi connectivity index (χ0n) is 15.5. The molecule has 0 bridgehead atoms. The second-order valence-electron chi connectivity index (χ2n) is 6.87. The Morgan fingerprint density at radius 3 is 2.34 bits per heavy atom. The minimum Gasteiger partial charge on any atom is -0.461 e. The van der Waals surface area contributed by atoms with Gasteiger partial charge in [-0.25, -0.2) is 0 Å². The van der Waals surface area contributed by atoms with Gasteiger partial charge in [0.2, 0.25) is 11.7 Å². The van der Waals surface area contributed by atoms with Crippen LogP contribution in [0.4, 0.5) is 5.69 Å². The molecular formula is C22H18N4O2S. The molecule has 4 aromatic rings. The quantitative estimate of drug-likeness (QED) is 0.502. The van der Waals surface area contributed by atoms with Crippen LogP contribution >= 0.6 is 11.8 Å². The van der Waals surface area contributed by atoms with Crippen molar-refractivity contribution in [2.75, 3.05) is 5.32 Å². The van der Waals surface area contributed by atoms with Crippen molar-refractivity contribution in [1.29, 1.82) is 0 Å². The number of para-hydroxylation sites is 2. The van der Waals surface area contributed by atoms with Gasteiger partial charge in [0.05, 0.1) is 6.26 Å². The molecule has 29 heavy (non-hydrogen) atoms. The number of aromatic nitrogens is 3. The lowest BCUT2D eigenvalue weighted by Crippen LogP contribution is -2.27. The fourth-order valence-corrected chi connectivity index (χ4v) is 4.31. The number of nitrogens with one attached hydrogen (secondary N) is 1. The van der Waals surface area contributed by atoms with Crippen molar-refractivity contribution < 1.29 is 9.21 Å². The topological polar surface area (TPSA) is 73.0 Å². The molecule has 144 valence electrons. The third kappa shape index (κ3) is 3.45. The maximum absolute atomic E-state index is 13.0. The molecule has 2 aromatic heterocycles. The van der Waals surface area contributed by atoms with Gasteiger partial charge in [-0.05, 0) is 49.2 Å². The maximum Gasteiger partial charge on any atom is 0.241 e. The van der Waals surface area contributed by atoms with E-state index in [0.29, 0.717) is 16.7 Å². The number of rotatable bonds is 6. The van der Waals surface area contributed by atoms with Crippen molar-refractivity contribution in [2.24, 2.45) is 0 Å². The van der Waals surface area contributed by atoms with Crippen molar-refractivity contribution in [1.82, 2.24) is 14.8 Å². The molecule has 6 nitrogen and oxygen atoms in total. The predicted octanol–water partition coefficient (Wildman–Crippen LogP) is 4.79. The van der Waals surface area contributed by atoms with Crippen LogP contribution in [0.3, 0.4) is 0 Å². The van der Waals surface area contributed by atoms with Crippen LogP contribution in [-0.4, -0.2) is 25.4 Å². The Kier molecular flexibility index (Phi) is 4.44. The van der Waals surface area contributed by atoms with Gasteiger partial charge in [0.15, 0.2) is 10.9 Å².